The lowest BCUT2D eigenvalue weighted by Gasteiger charge is -1.90. The first-order valence-electron chi connectivity index (χ1n) is 3.78. The lowest BCUT2D eigenvalue weighted by atomic mass is 10.3. The van der Waals surface area contributed by atoms with Gasteiger partial charge in [-0.25, -0.2) is 14.6 Å². The molecule has 0 fully saturated rings. The predicted molar refractivity (Wildman–Crippen MR) is 59.8 cm³/mol. The van der Waals surface area contributed by atoms with Gasteiger partial charge >= 0.3 is 12.2 Å². The summed E-state index contributed by atoms with van der Waals surface area (Å²) < 4.78 is 0.704. The van der Waals surface area contributed by atoms with Gasteiger partial charge in [-0.05, 0) is 28.1 Å². The summed E-state index contributed by atoms with van der Waals surface area (Å²) in [5, 5.41) is 15.4. The van der Waals surface area contributed by atoms with E-state index < -0.39 is 12.2 Å². The van der Waals surface area contributed by atoms with E-state index in [1.165, 1.54) is 12.4 Å². The number of pyridine rings is 1. The van der Waals surface area contributed by atoms with Crippen molar-refractivity contribution in [3.63, 3.8) is 0 Å². The highest BCUT2D eigenvalue weighted by Gasteiger charge is 1.90. The maximum atomic E-state index is 10.0. The van der Waals surface area contributed by atoms with E-state index in [2.05, 4.69) is 31.6 Å². The van der Waals surface area contributed by atoms with Crippen LogP contribution in [-0.4, -0.2) is 33.6 Å². The van der Waals surface area contributed by atoms with Crippen molar-refractivity contribution in [1.82, 2.24) is 4.98 Å². The molecule has 0 bridgehead atoms. The van der Waals surface area contributed by atoms with Gasteiger partial charge in [-0.15, -0.1) is 0 Å². The SMILES string of the molecule is NC(=O)O.O=C(O)N=Cc1ccc(Br)nc1. The Morgan fingerprint density at radius 3 is 2.38 bits per heavy atom. The van der Waals surface area contributed by atoms with Crippen LogP contribution in [0.2, 0.25) is 0 Å². The van der Waals surface area contributed by atoms with E-state index in [0.29, 0.717) is 10.2 Å². The first kappa shape index (κ1) is 14.0. The van der Waals surface area contributed by atoms with E-state index >= 15 is 0 Å². The van der Waals surface area contributed by atoms with E-state index in [-0.39, 0.29) is 0 Å². The fourth-order valence-electron chi connectivity index (χ4n) is 0.593. The summed E-state index contributed by atoms with van der Waals surface area (Å²) in [4.78, 5) is 25.8. The van der Waals surface area contributed by atoms with Crippen LogP contribution in [0.15, 0.2) is 27.9 Å². The van der Waals surface area contributed by atoms with Gasteiger partial charge in [0.1, 0.15) is 4.60 Å². The van der Waals surface area contributed by atoms with Crippen LogP contribution >= 0.6 is 15.9 Å². The number of hydrogen-bond donors (Lipinski definition) is 3. The molecule has 1 heterocycles. The lowest BCUT2D eigenvalue weighted by molar-refractivity contribution is 0.204. The molecule has 86 valence electrons. The molecule has 0 aromatic carbocycles. The first-order chi connectivity index (χ1) is 7.41. The van der Waals surface area contributed by atoms with E-state index in [1.54, 1.807) is 12.1 Å². The molecule has 0 spiro atoms. The van der Waals surface area contributed by atoms with Crippen LogP contribution in [0, 0.1) is 0 Å². The summed E-state index contributed by atoms with van der Waals surface area (Å²) in [5.74, 6) is 0. The van der Waals surface area contributed by atoms with Gasteiger partial charge in [-0.1, -0.05) is 0 Å². The number of rotatable bonds is 1. The smallest absolute Gasteiger partial charge is 0.431 e. The highest BCUT2D eigenvalue weighted by atomic mass is 79.9. The number of nitrogens with two attached hydrogens (primary N) is 1. The van der Waals surface area contributed by atoms with Crippen molar-refractivity contribution in [3.05, 3.63) is 28.5 Å². The van der Waals surface area contributed by atoms with Crippen LogP contribution in [0.5, 0.6) is 0 Å². The minimum absolute atomic E-state index is 0.653. The van der Waals surface area contributed by atoms with Gasteiger partial charge in [0.15, 0.2) is 0 Å². The average Bonchev–Trinajstić information content (AvgIpc) is 2.16. The number of aliphatic imine (C=N–C) groups is 1. The second-order valence-corrected chi connectivity index (χ2v) is 3.11. The van der Waals surface area contributed by atoms with Crippen molar-refractivity contribution in [2.24, 2.45) is 10.7 Å². The Bertz CT molecular complexity index is 387. The van der Waals surface area contributed by atoms with Gasteiger partial charge in [0.25, 0.3) is 0 Å². The largest absolute Gasteiger partial charge is 0.465 e. The quantitative estimate of drug-likeness (QED) is 0.534. The molecule has 0 radical (unpaired) electrons. The molecule has 7 nitrogen and oxygen atoms in total. The molecule has 2 amide bonds. The minimum Gasteiger partial charge on any atom is -0.465 e. The Labute approximate surface area is 98.8 Å². The molecule has 0 unspecified atom stereocenters. The minimum atomic E-state index is -1.33. The summed E-state index contributed by atoms with van der Waals surface area (Å²) in [6, 6.07) is 3.42. The molecular weight excluding hydrogens is 282 g/mol. The van der Waals surface area contributed by atoms with Gasteiger partial charge in [-0.3, -0.25) is 0 Å². The highest BCUT2D eigenvalue weighted by Crippen LogP contribution is 2.04. The van der Waals surface area contributed by atoms with Crippen LogP contribution in [-0.2, 0) is 0 Å². The number of carboxylic acid groups (broad SMARTS) is 2. The Morgan fingerprint density at radius 1 is 1.44 bits per heavy atom. The van der Waals surface area contributed by atoms with Crippen molar-refractivity contribution < 1.29 is 19.8 Å². The summed E-state index contributed by atoms with van der Waals surface area (Å²) >= 11 is 3.15. The topological polar surface area (TPSA) is 126 Å². The normalized spacial score (nSPS) is 9.31. The summed E-state index contributed by atoms with van der Waals surface area (Å²) in [6.45, 7) is 0. The number of halogens is 1. The fraction of sp³-hybridized carbons (Fsp3) is 0. The third-order valence-electron chi connectivity index (χ3n) is 1.07. The Kier molecular flexibility index (Phi) is 6.45. The van der Waals surface area contributed by atoms with Gasteiger partial charge in [0, 0.05) is 18.0 Å². The van der Waals surface area contributed by atoms with Gasteiger partial charge in [0.05, 0.1) is 0 Å². The third kappa shape index (κ3) is 8.63. The molecule has 0 aliphatic carbocycles. The van der Waals surface area contributed by atoms with Crippen molar-refractivity contribution in [1.29, 1.82) is 0 Å². The molecule has 1 aromatic rings. The van der Waals surface area contributed by atoms with E-state index in [4.69, 9.17) is 15.0 Å². The zero-order chi connectivity index (χ0) is 12.6. The van der Waals surface area contributed by atoms with Crippen molar-refractivity contribution in [2.45, 2.75) is 0 Å². The monoisotopic (exact) mass is 289 g/mol. The van der Waals surface area contributed by atoms with Crippen molar-refractivity contribution in [3.8, 4) is 0 Å². The molecule has 8 heteroatoms. The van der Waals surface area contributed by atoms with Gasteiger partial charge in [-0.2, -0.15) is 4.99 Å². The fourth-order valence-corrected chi connectivity index (χ4v) is 0.828. The predicted octanol–water partition coefficient (Wildman–Crippen LogP) is 1.56. The molecule has 4 N–H and O–H groups in total. The van der Waals surface area contributed by atoms with Crippen molar-refractivity contribution >= 4 is 34.3 Å². The molecule has 0 atom stereocenters. The van der Waals surface area contributed by atoms with E-state index in [1.807, 2.05) is 0 Å². The van der Waals surface area contributed by atoms with Crippen LogP contribution in [0.25, 0.3) is 0 Å². The number of carbonyl (C=O) groups is 2. The Hall–Kier alpha value is -1.96. The molecule has 0 aliphatic rings. The molecular formula is C8H8BrN3O4. The van der Waals surface area contributed by atoms with Crippen LogP contribution < -0.4 is 5.73 Å². The number of nitrogens with zero attached hydrogens (tertiary/aromatic N) is 2. The molecule has 0 saturated carbocycles. The number of hydrogen-bond acceptors (Lipinski definition) is 3. The standard InChI is InChI=1S/C7H5BrN2O2.CH3NO2/c8-6-2-1-5(3-9-6)4-10-7(11)12;2-1(3)4/h1-4H,(H,11,12);2H2,(H,3,4). The van der Waals surface area contributed by atoms with E-state index in [9.17, 15) is 4.79 Å². The second kappa shape index (κ2) is 7.35. The average molecular weight is 290 g/mol. The van der Waals surface area contributed by atoms with Crippen LogP contribution in [0.4, 0.5) is 9.59 Å². The van der Waals surface area contributed by atoms with Crippen molar-refractivity contribution in [2.75, 3.05) is 0 Å². The molecule has 1 rings (SSSR count). The first-order valence-corrected chi connectivity index (χ1v) is 4.58. The maximum absolute atomic E-state index is 10.0. The molecule has 16 heavy (non-hydrogen) atoms. The lowest BCUT2D eigenvalue weighted by Crippen LogP contribution is -2.03. The number of primary amides is 1. The second-order valence-electron chi connectivity index (χ2n) is 2.29. The third-order valence-corrected chi connectivity index (χ3v) is 1.54. The molecule has 0 aliphatic heterocycles. The van der Waals surface area contributed by atoms with Crippen LogP contribution in [0.3, 0.4) is 0 Å². The summed E-state index contributed by atoms with van der Waals surface area (Å²) in [5.41, 5.74) is 4.68. The number of amides is 2. The van der Waals surface area contributed by atoms with Crippen LogP contribution in [0.1, 0.15) is 5.56 Å². The Balaban J connectivity index is 0.000000487. The summed E-state index contributed by atoms with van der Waals surface area (Å²) in [6.07, 6.45) is 0.219. The maximum Gasteiger partial charge on any atom is 0.431 e. The van der Waals surface area contributed by atoms with E-state index in [0.717, 1.165) is 0 Å². The number of aromatic nitrogens is 1. The van der Waals surface area contributed by atoms with Gasteiger partial charge < -0.3 is 15.9 Å². The molecule has 1 aromatic heterocycles. The summed E-state index contributed by atoms with van der Waals surface area (Å²) in [7, 11) is 0. The zero-order valence-corrected chi connectivity index (χ0v) is 9.46. The van der Waals surface area contributed by atoms with Gasteiger partial charge in [0.2, 0.25) is 0 Å². The highest BCUT2D eigenvalue weighted by molar-refractivity contribution is 9.10. The zero-order valence-electron chi connectivity index (χ0n) is 7.87. The molecule has 0 saturated heterocycles. The Morgan fingerprint density at radius 2 is 2.00 bits per heavy atom.